The first-order valence-corrected chi connectivity index (χ1v) is 5.05. The van der Waals surface area contributed by atoms with Crippen LogP contribution in [0.4, 0.5) is 0 Å². The Morgan fingerprint density at radius 2 is 2.20 bits per heavy atom. The predicted molar refractivity (Wildman–Crippen MR) is 62.0 cm³/mol. The summed E-state index contributed by atoms with van der Waals surface area (Å²) in [6.45, 7) is 2.61. The van der Waals surface area contributed by atoms with Gasteiger partial charge in [0.25, 0.3) is 5.56 Å². The second-order valence-corrected chi connectivity index (χ2v) is 3.61. The highest BCUT2D eigenvalue weighted by Crippen LogP contribution is 1.84. The Bertz CT molecular complexity index is 475. The summed E-state index contributed by atoms with van der Waals surface area (Å²) >= 11 is 4.70. The van der Waals surface area contributed by atoms with Crippen molar-refractivity contribution in [1.82, 2.24) is 9.13 Å². The van der Waals surface area contributed by atoms with E-state index in [4.69, 9.17) is 18.0 Å². The molecule has 0 fully saturated rings. The monoisotopic (exact) mass is 227 g/mol. The Balaban J connectivity index is 3.10. The lowest BCUT2D eigenvalue weighted by Gasteiger charge is -2.07. The number of thiocarbonyl (C=S) groups is 1. The SMILES string of the molecule is CCn1ccc(=O)n(CCC(N)=S)c1=O. The minimum Gasteiger partial charge on any atom is -0.393 e. The highest BCUT2D eigenvalue weighted by Gasteiger charge is 2.03. The topological polar surface area (TPSA) is 70.0 Å². The van der Waals surface area contributed by atoms with Gasteiger partial charge >= 0.3 is 5.69 Å². The minimum absolute atomic E-state index is 0.244. The summed E-state index contributed by atoms with van der Waals surface area (Å²) in [6.07, 6.45) is 1.85. The molecule has 0 aliphatic rings. The Morgan fingerprint density at radius 3 is 2.73 bits per heavy atom. The van der Waals surface area contributed by atoms with Gasteiger partial charge in [-0.25, -0.2) is 4.79 Å². The van der Waals surface area contributed by atoms with Gasteiger partial charge in [0.15, 0.2) is 0 Å². The molecule has 0 radical (unpaired) electrons. The molecule has 1 rings (SSSR count). The molecular formula is C9H13N3O2S. The number of rotatable bonds is 4. The predicted octanol–water partition coefficient (Wildman–Crippen LogP) is -0.294. The fourth-order valence-corrected chi connectivity index (χ4v) is 1.32. The zero-order valence-corrected chi connectivity index (χ0v) is 9.29. The van der Waals surface area contributed by atoms with Gasteiger partial charge < -0.3 is 10.3 Å². The van der Waals surface area contributed by atoms with Gasteiger partial charge in [-0.05, 0) is 6.92 Å². The molecule has 6 heteroatoms. The second kappa shape index (κ2) is 4.88. The highest BCUT2D eigenvalue weighted by atomic mass is 32.1. The van der Waals surface area contributed by atoms with Crippen molar-refractivity contribution in [3.8, 4) is 0 Å². The van der Waals surface area contributed by atoms with Crippen LogP contribution in [-0.4, -0.2) is 14.1 Å². The molecule has 1 heterocycles. The van der Waals surface area contributed by atoms with Gasteiger partial charge in [-0.15, -0.1) is 0 Å². The van der Waals surface area contributed by atoms with Crippen molar-refractivity contribution in [2.45, 2.75) is 26.4 Å². The third kappa shape index (κ3) is 2.76. The van der Waals surface area contributed by atoms with E-state index in [9.17, 15) is 9.59 Å². The molecule has 0 saturated heterocycles. The summed E-state index contributed by atoms with van der Waals surface area (Å²) in [7, 11) is 0. The summed E-state index contributed by atoms with van der Waals surface area (Å²) in [4.78, 5) is 23.4. The van der Waals surface area contributed by atoms with Gasteiger partial charge in [0.05, 0.1) is 4.99 Å². The Kier molecular flexibility index (Phi) is 3.79. The van der Waals surface area contributed by atoms with E-state index >= 15 is 0 Å². The van der Waals surface area contributed by atoms with Crippen LogP contribution in [0.1, 0.15) is 13.3 Å². The average molecular weight is 227 g/mol. The van der Waals surface area contributed by atoms with E-state index in [1.165, 1.54) is 16.8 Å². The quantitative estimate of drug-likeness (QED) is 0.717. The van der Waals surface area contributed by atoms with Crippen LogP contribution in [0, 0.1) is 0 Å². The molecule has 0 spiro atoms. The standard InChI is InChI=1S/C9H13N3O2S/c1-2-11-5-4-8(13)12(9(11)14)6-3-7(10)15/h4-5H,2-3,6H2,1H3,(H2,10,15). The molecule has 1 aromatic heterocycles. The summed E-state index contributed by atoms with van der Waals surface area (Å²) in [5, 5.41) is 0. The molecule has 0 unspecified atom stereocenters. The van der Waals surface area contributed by atoms with Crippen LogP contribution >= 0.6 is 12.2 Å². The van der Waals surface area contributed by atoms with E-state index in [1.54, 1.807) is 0 Å². The normalized spacial score (nSPS) is 10.2. The average Bonchev–Trinajstić information content (AvgIpc) is 2.17. The molecule has 0 aromatic carbocycles. The summed E-state index contributed by atoms with van der Waals surface area (Å²) in [5.74, 6) is 0. The third-order valence-electron chi connectivity index (χ3n) is 2.06. The van der Waals surface area contributed by atoms with E-state index in [1.807, 2.05) is 6.92 Å². The Morgan fingerprint density at radius 1 is 1.53 bits per heavy atom. The largest absolute Gasteiger partial charge is 0.393 e. The summed E-state index contributed by atoms with van der Waals surface area (Å²) in [6, 6.07) is 1.37. The fourth-order valence-electron chi connectivity index (χ4n) is 1.23. The van der Waals surface area contributed by atoms with Gasteiger partial charge in [-0.2, -0.15) is 0 Å². The zero-order valence-electron chi connectivity index (χ0n) is 8.47. The van der Waals surface area contributed by atoms with Crippen molar-refractivity contribution < 1.29 is 0 Å². The molecule has 0 atom stereocenters. The number of nitrogens with two attached hydrogens (primary N) is 1. The second-order valence-electron chi connectivity index (χ2n) is 3.09. The first-order valence-electron chi connectivity index (χ1n) is 4.65. The third-order valence-corrected chi connectivity index (χ3v) is 2.27. The zero-order chi connectivity index (χ0) is 11.4. The molecule has 5 nitrogen and oxygen atoms in total. The fraction of sp³-hybridized carbons (Fsp3) is 0.444. The summed E-state index contributed by atoms with van der Waals surface area (Å²) < 4.78 is 2.60. The smallest absolute Gasteiger partial charge is 0.330 e. The molecule has 0 aliphatic heterocycles. The van der Waals surface area contributed by atoms with Crippen molar-refractivity contribution in [2.75, 3.05) is 0 Å². The van der Waals surface area contributed by atoms with Crippen molar-refractivity contribution in [1.29, 1.82) is 0 Å². The molecule has 0 bridgehead atoms. The van der Waals surface area contributed by atoms with E-state index in [0.29, 0.717) is 18.0 Å². The maximum Gasteiger partial charge on any atom is 0.330 e. The molecule has 0 saturated carbocycles. The van der Waals surface area contributed by atoms with Crippen molar-refractivity contribution >= 4 is 17.2 Å². The van der Waals surface area contributed by atoms with Crippen LogP contribution in [-0.2, 0) is 13.1 Å². The first kappa shape index (κ1) is 11.6. The lowest BCUT2D eigenvalue weighted by atomic mass is 10.4. The molecule has 82 valence electrons. The van der Waals surface area contributed by atoms with Gasteiger partial charge in [0.1, 0.15) is 0 Å². The van der Waals surface area contributed by atoms with Crippen LogP contribution in [0.15, 0.2) is 21.9 Å². The summed E-state index contributed by atoms with van der Waals surface area (Å²) in [5.41, 5.74) is 4.68. The van der Waals surface area contributed by atoms with Gasteiger partial charge in [-0.3, -0.25) is 9.36 Å². The maximum absolute atomic E-state index is 11.7. The minimum atomic E-state index is -0.319. The number of nitrogens with zero attached hydrogens (tertiary/aromatic N) is 2. The molecule has 1 aromatic rings. The molecular weight excluding hydrogens is 214 g/mol. The lowest BCUT2D eigenvalue weighted by molar-refractivity contribution is 0.575. The van der Waals surface area contributed by atoms with Crippen molar-refractivity contribution in [3.63, 3.8) is 0 Å². The van der Waals surface area contributed by atoms with Crippen LogP contribution in [0.5, 0.6) is 0 Å². The Hall–Kier alpha value is -1.43. The van der Waals surface area contributed by atoms with Gasteiger partial charge in [0.2, 0.25) is 0 Å². The van der Waals surface area contributed by atoms with Crippen LogP contribution in [0.2, 0.25) is 0 Å². The van der Waals surface area contributed by atoms with Crippen molar-refractivity contribution in [2.24, 2.45) is 5.73 Å². The number of aryl methyl sites for hydroxylation is 1. The Labute approximate surface area is 92.1 Å². The van der Waals surface area contributed by atoms with E-state index in [2.05, 4.69) is 0 Å². The van der Waals surface area contributed by atoms with E-state index in [0.717, 1.165) is 4.57 Å². The highest BCUT2D eigenvalue weighted by molar-refractivity contribution is 7.80. The number of aromatic nitrogens is 2. The van der Waals surface area contributed by atoms with Crippen molar-refractivity contribution in [3.05, 3.63) is 33.1 Å². The van der Waals surface area contributed by atoms with Crippen LogP contribution in [0.25, 0.3) is 0 Å². The molecule has 2 N–H and O–H groups in total. The lowest BCUT2D eigenvalue weighted by Crippen LogP contribution is -2.39. The van der Waals surface area contributed by atoms with Crippen LogP contribution < -0.4 is 17.0 Å². The molecule has 0 aliphatic carbocycles. The number of hydrogen-bond donors (Lipinski definition) is 1. The molecule has 0 amide bonds. The van der Waals surface area contributed by atoms with E-state index in [-0.39, 0.29) is 17.8 Å². The van der Waals surface area contributed by atoms with Gasteiger partial charge in [0, 0.05) is 31.8 Å². The van der Waals surface area contributed by atoms with Crippen LogP contribution in [0.3, 0.4) is 0 Å². The molecule has 15 heavy (non-hydrogen) atoms. The number of hydrogen-bond acceptors (Lipinski definition) is 3. The van der Waals surface area contributed by atoms with Gasteiger partial charge in [-0.1, -0.05) is 12.2 Å². The first-order chi connectivity index (χ1) is 7.06. The maximum atomic E-state index is 11.7. The van der Waals surface area contributed by atoms with E-state index < -0.39 is 0 Å².